The quantitative estimate of drug-likeness (QED) is 0.663. The number of aryl methyl sites for hydroxylation is 2. The number of hydrogen-bond acceptors (Lipinski definition) is 3. The largest absolute Gasteiger partial charge is 0.350 e. The molecule has 1 unspecified atom stereocenters. The van der Waals surface area contributed by atoms with Crippen molar-refractivity contribution in [1.82, 2.24) is 5.32 Å². The SMILES string of the molecule is CCc1ccc(C(C)NC(=O)CCCN(c2cccc(C)c2C)S(C)(=O)=O)cc1. The zero-order chi connectivity index (χ0) is 21.6. The Morgan fingerprint density at radius 1 is 1.10 bits per heavy atom. The summed E-state index contributed by atoms with van der Waals surface area (Å²) in [6.45, 7) is 8.22. The molecule has 0 heterocycles. The first-order valence-corrected chi connectivity index (χ1v) is 11.9. The van der Waals surface area contributed by atoms with E-state index in [-0.39, 0.29) is 24.9 Å². The van der Waals surface area contributed by atoms with Crippen LogP contribution in [0.2, 0.25) is 0 Å². The molecule has 0 spiro atoms. The van der Waals surface area contributed by atoms with Crippen LogP contribution >= 0.6 is 0 Å². The molecule has 1 amide bonds. The van der Waals surface area contributed by atoms with Crippen LogP contribution in [0, 0.1) is 13.8 Å². The number of amides is 1. The number of rotatable bonds is 9. The van der Waals surface area contributed by atoms with Crippen LogP contribution < -0.4 is 9.62 Å². The average molecular weight is 417 g/mol. The molecule has 0 fully saturated rings. The van der Waals surface area contributed by atoms with Crippen molar-refractivity contribution in [2.75, 3.05) is 17.1 Å². The molecule has 2 aromatic rings. The fourth-order valence-electron chi connectivity index (χ4n) is 3.29. The molecule has 0 radical (unpaired) electrons. The predicted molar refractivity (Wildman–Crippen MR) is 120 cm³/mol. The highest BCUT2D eigenvalue weighted by molar-refractivity contribution is 7.92. The van der Waals surface area contributed by atoms with Gasteiger partial charge in [-0.2, -0.15) is 0 Å². The summed E-state index contributed by atoms with van der Waals surface area (Å²) in [5, 5.41) is 3.00. The summed E-state index contributed by atoms with van der Waals surface area (Å²) in [5.41, 5.74) is 4.98. The molecule has 6 heteroatoms. The number of sulfonamides is 1. The summed E-state index contributed by atoms with van der Waals surface area (Å²) < 4.78 is 26.0. The number of hydrogen-bond donors (Lipinski definition) is 1. The van der Waals surface area contributed by atoms with Crippen molar-refractivity contribution in [3.05, 3.63) is 64.7 Å². The summed E-state index contributed by atoms with van der Waals surface area (Å²) in [6.07, 6.45) is 2.91. The van der Waals surface area contributed by atoms with Crippen LogP contribution in [0.3, 0.4) is 0 Å². The lowest BCUT2D eigenvalue weighted by Crippen LogP contribution is -2.33. The van der Waals surface area contributed by atoms with Crippen molar-refractivity contribution >= 4 is 21.6 Å². The van der Waals surface area contributed by atoms with Gasteiger partial charge in [-0.15, -0.1) is 0 Å². The van der Waals surface area contributed by atoms with Gasteiger partial charge < -0.3 is 5.32 Å². The first-order valence-electron chi connectivity index (χ1n) is 10.1. The summed E-state index contributed by atoms with van der Waals surface area (Å²) in [5.74, 6) is -0.0773. The minimum atomic E-state index is -3.43. The number of nitrogens with one attached hydrogen (secondary N) is 1. The number of anilines is 1. The van der Waals surface area contributed by atoms with E-state index in [0.29, 0.717) is 12.1 Å². The first-order chi connectivity index (χ1) is 13.6. The molecular formula is C23H32N2O3S. The van der Waals surface area contributed by atoms with Gasteiger partial charge >= 0.3 is 0 Å². The van der Waals surface area contributed by atoms with Crippen LogP contribution in [-0.2, 0) is 21.2 Å². The van der Waals surface area contributed by atoms with Crippen molar-refractivity contribution in [3.63, 3.8) is 0 Å². The third kappa shape index (κ3) is 6.32. The van der Waals surface area contributed by atoms with Gasteiger partial charge in [0.15, 0.2) is 0 Å². The first kappa shape index (κ1) is 22.9. The van der Waals surface area contributed by atoms with Crippen LogP contribution in [0.25, 0.3) is 0 Å². The third-order valence-corrected chi connectivity index (χ3v) is 6.46. The zero-order valence-electron chi connectivity index (χ0n) is 18.0. The van der Waals surface area contributed by atoms with Crippen molar-refractivity contribution in [2.45, 2.75) is 53.0 Å². The predicted octanol–water partition coefficient (Wildman–Crippen LogP) is 4.29. The maximum absolute atomic E-state index is 12.4. The Kier molecular flexibility index (Phi) is 7.85. The van der Waals surface area contributed by atoms with Crippen LogP contribution in [0.5, 0.6) is 0 Å². The van der Waals surface area contributed by atoms with E-state index < -0.39 is 10.0 Å². The number of benzene rings is 2. The van der Waals surface area contributed by atoms with Gasteiger partial charge in [0.25, 0.3) is 0 Å². The molecule has 0 aromatic heterocycles. The van der Waals surface area contributed by atoms with Gasteiger partial charge in [0.1, 0.15) is 0 Å². The van der Waals surface area contributed by atoms with Gasteiger partial charge in [-0.3, -0.25) is 9.10 Å². The molecule has 2 aromatic carbocycles. The Hall–Kier alpha value is -2.34. The highest BCUT2D eigenvalue weighted by Crippen LogP contribution is 2.25. The molecule has 0 bridgehead atoms. The summed E-state index contributed by atoms with van der Waals surface area (Å²) in [4.78, 5) is 12.4. The summed E-state index contributed by atoms with van der Waals surface area (Å²) in [6, 6.07) is 13.8. The van der Waals surface area contributed by atoms with E-state index in [2.05, 4.69) is 24.4 Å². The van der Waals surface area contributed by atoms with Gasteiger partial charge in [0.2, 0.25) is 15.9 Å². The van der Waals surface area contributed by atoms with Gasteiger partial charge in [-0.1, -0.05) is 43.3 Å². The summed E-state index contributed by atoms with van der Waals surface area (Å²) >= 11 is 0. The highest BCUT2D eigenvalue weighted by atomic mass is 32.2. The molecular weight excluding hydrogens is 384 g/mol. The average Bonchev–Trinajstić information content (AvgIpc) is 2.67. The fraction of sp³-hybridized carbons (Fsp3) is 0.435. The Morgan fingerprint density at radius 3 is 2.34 bits per heavy atom. The Bertz CT molecular complexity index is 937. The Labute approximate surface area is 175 Å². The van der Waals surface area contributed by atoms with Crippen LogP contribution in [0.1, 0.15) is 55.0 Å². The smallest absolute Gasteiger partial charge is 0.232 e. The molecule has 1 atom stereocenters. The third-order valence-electron chi connectivity index (χ3n) is 5.28. The normalized spacial score (nSPS) is 12.4. The van der Waals surface area contributed by atoms with Crippen molar-refractivity contribution in [2.24, 2.45) is 0 Å². The molecule has 5 nitrogen and oxygen atoms in total. The van der Waals surface area contributed by atoms with E-state index in [0.717, 1.165) is 23.1 Å². The lowest BCUT2D eigenvalue weighted by atomic mass is 10.0. The van der Waals surface area contributed by atoms with Gasteiger partial charge in [0, 0.05) is 13.0 Å². The molecule has 1 N–H and O–H groups in total. The van der Waals surface area contributed by atoms with E-state index in [1.165, 1.54) is 16.1 Å². The molecule has 2 rings (SSSR count). The molecule has 0 aliphatic carbocycles. The topological polar surface area (TPSA) is 66.5 Å². The highest BCUT2D eigenvalue weighted by Gasteiger charge is 2.20. The zero-order valence-corrected chi connectivity index (χ0v) is 18.8. The van der Waals surface area contributed by atoms with Crippen LogP contribution in [0.15, 0.2) is 42.5 Å². The van der Waals surface area contributed by atoms with Gasteiger partial charge in [0.05, 0.1) is 18.0 Å². The van der Waals surface area contributed by atoms with Gasteiger partial charge in [-0.25, -0.2) is 8.42 Å². The van der Waals surface area contributed by atoms with Crippen molar-refractivity contribution in [1.29, 1.82) is 0 Å². The molecule has 0 saturated carbocycles. The van der Waals surface area contributed by atoms with Gasteiger partial charge in [-0.05, 0) is 61.9 Å². The maximum atomic E-state index is 12.4. The molecule has 0 saturated heterocycles. The lowest BCUT2D eigenvalue weighted by molar-refractivity contribution is -0.121. The van der Waals surface area contributed by atoms with Crippen LogP contribution in [0.4, 0.5) is 5.69 Å². The van der Waals surface area contributed by atoms with E-state index in [1.807, 2.05) is 51.1 Å². The molecule has 0 aliphatic heterocycles. The fourth-order valence-corrected chi connectivity index (χ4v) is 4.31. The minimum Gasteiger partial charge on any atom is -0.350 e. The molecule has 0 aliphatic rings. The Balaban J connectivity index is 1.96. The van der Waals surface area contributed by atoms with Crippen molar-refractivity contribution < 1.29 is 13.2 Å². The van der Waals surface area contributed by atoms with E-state index in [4.69, 9.17) is 0 Å². The second-order valence-corrected chi connectivity index (χ2v) is 9.45. The second-order valence-electron chi connectivity index (χ2n) is 7.54. The van der Waals surface area contributed by atoms with Crippen molar-refractivity contribution in [3.8, 4) is 0 Å². The Morgan fingerprint density at radius 2 is 1.76 bits per heavy atom. The van der Waals surface area contributed by atoms with E-state index in [1.54, 1.807) is 0 Å². The summed E-state index contributed by atoms with van der Waals surface area (Å²) in [7, 11) is -3.43. The monoisotopic (exact) mass is 416 g/mol. The number of carbonyl (C=O) groups excluding carboxylic acids is 1. The lowest BCUT2D eigenvalue weighted by Gasteiger charge is -2.25. The maximum Gasteiger partial charge on any atom is 0.232 e. The molecule has 29 heavy (non-hydrogen) atoms. The number of nitrogens with zero attached hydrogens (tertiary/aromatic N) is 1. The minimum absolute atomic E-state index is 0.0773. The van der Waals surface area contributed by atoms with E-state index in [9.17, 15) is 13.2 Å². The second kappa shape index (κ2) is 9.92. The van der Waals surface area contributed by atoms with Crippen LogP contribution in [-0.4, -0.2) is 27.1 Å². The number of carbonyl (C=O) groups is 1. The van der Waals surface area contributed by atoms with E-state index >= 15 is 0 Å². The standard InChI is InChI=1S/C23H32N2O3S/c1-6-20-12-14-21(15-13-20)19(4)24-23(26)11-8-16-25(29(5,27)28)22-10-7-9-17(2)18(22)3/h7,9-10,12-15,19H,6,8,11,16H2,1-5H3,(H,24,26). The molecule has 158 valence electrons.